The Morgan fingerprint density at radius 3 is 2.50 bits per heavy atom. The molecular weight excluding hydrogens is 298 g/mol. The first-order valence-electron chi connectivity index (χ1n) is 5.49. The standard InChI is InChI=1S/C14H8ClNO3S/c15-9-1-4-11(5-2-9)20-13-6-3-10(16-8-17)7-12(13)14(18)19/h1-7H,(H,18,19). The van der Waals surface area contributed by atoms with Gasteiger partial charge in [0.05, 0.1) is 11.3 Å². The van der Waals surface area contributed by atoms with Gasteiger partial charge in [-0.2, -0.15) is 4.99 Å². The number of hydrogen-bond donors (Lipinski definition) is 1. The molecule has 20 heavy (non-hydrogen) atoms. The Morgan fingerprint density at radius 1 is 1.20 bits per heavy atom. The molecule has 0 aliphatic heterocycles. The van der Waals surface area contributed by atoms with E-state index in [0.29, 0.717) is 9.92 Å². The minimum atomic E-state index is -1.08. The van der Waals surface area contributed by atoms with Crippen molar-refractivity contribution in [2.45, 2.75) is 9.79 Å². The Hall–Kier alpha value is -2.07. The van der Waals surface area contributed by atoms with E-state index in [9.17, 15) is 14.7 Å². The summed E-state index contributed by atoms with van der Waals surface area (Å²) in [7, 11) is 0. The number of carboxylic acid groups (broad SMARTS) is 1. The summed E-state index contributed by atoms with van der Waals surface area (Å²) in [6, 6.07) is 11.6. The van der Waals surface area contributed by atoms with Crippen LogP contribution in [0.4, 0.5) is 5.69 Å². The molecule has 4 nitrogen and oxygen atoms in total. The van der Waals surface area contributed by atoms with Crippen LogP contribution in [-0.2, 0) is 4.79 Å². The molecule has 0 atom stereocenters. The molecule has 2 aromatic carbocycles. The number of aliphatic imine (C=N–C) groups is 1. The third kappa shape index (κ3) is 3.48. The van der Waals surface area contributed by atoms with E-state index in [1.807, 2.05) is 0 Å². The second kappa shape index (κ2) is 6.39. The van der Waals surface area contributed by atoms with Crippen molar-refractivity contribution in [3.05, 3.63) is 53.1 Å². The van der Waals surface area contributed by atoms with Gasteiger partial charge in [0.1, 0.15) is 0 Å². The van der Waals surface area contributed by atoms with E-state index >= 15 is 0 Å². The molecule has 0 aliphatic carbocycles. The van der Waals surface area contributed by atoms with E-state index in [-0.39, 0.29) is 11.3 Å². The lowest BCUT2D eigenvalue weighted by Crippen LogP contribution is -1.98. The zero-order valence-electron chi connectivity index (χ0n) is 10.0. The molecule has 0 aliphatic rings. The van der Waals surface area contributed by atoms with Crippen LogP contribution in [0.2, 0.25) is 5.02 Å². The van der Waals surface area contributed by atoms with Crippen molar-refractivity contribution in [2.24, 2.45) is 4.99 Å². The van der Waals surface area contributed by atoms with Crippen molar-refractivity contribution in [2.75, 3.05) is 0 Å². The summed E-state index contributed by atoms with van der Waals surface area (Å²) in [6.45, 7) is 0. The molecule has 1 N–H and O–H groups in total. The van der Waals surface area contributed by atoms with Gasteiger partial charge >= 0.3 is 5.97 Å². The number of aromatic carboxylic acids is 1. The number of hydrogen-bond acceptors (Lipinski definition) is 4. The molecule has 0 aromatic heterocycles. The maximum Gasteiger partial charge on any atom is 0.336 e. The Morgan fingerprint density at radius 2 is 1.90 bits per heavy atom. The SMILES string of the molecule is O=C=Nc1ccc(Sc2ccc(Cl)cc2)c(C(=O)O)c1. The van der Waals surface area contributed by atoms with Gasteiger partial charge in [0.15, 0.2) is 0 Å². The molecule has 0 bridgehead atoms. The van der Waals surface area contributed by atoms with Gasteiger partial charge in [-0.05, 0) is 42.5 Å². The highest BCUT2D eigenvalue weighted by atomic mass is 35.5. The predicted octanol–water partition coefficient (Wildman–Crippen LogP) is 4.16. The molecule has 0 saturated carbocycles. The maximum absolute atomic E-state index is 11.2. The highest BCUT2D eigenvalue weighted by molar-refractivity contribution is 7.99. The summed E-state index contributed by atoms with van der Waals surface area (Å²) >= 11 is 7.10. The third-order valence-corrected chi connectivity index (χ3v) is 3.75. The van der Waals surface area contributed by atoms with Crippen molar-refractivity contribution < 1.29 is 14.7 Å². The van der Waals surface area contributed by atoms with Gasteiger partial charge in [-0.25, -0.2) is 9.59 Å². The number of carboxylic acids is 1. The minimum Gasteiger partial charge on any atom is -0.478 e. The fraction of sp³-hybridized carbons (Fsp3) is 0. The van der Waals surface area contributed by atoms with Crippen LogP contribution in [0.3, 0.4) is 0 Å². The van der Waals surface area contributed by atoms with E-state index in [1.165, 1.54) is 23.9 Å². The first-order valence-corrected chi connectivity index (χ1v) is 6.68. The van der Waals surface area contributed by atoms with Crippen LogP contribution >= 0.6 is 23.4 Å². The molecule has 0 amide bonds. The van der Waals surface area contributed by atoms with E-state index in [0.717, 1.165) is 4.90 Å². The zero-order valence-corrected chi connectivity index (χ0v) is 11.6. The summed E-state index contributed by atoms with van der Waals surface area (Å²) in [5.41, 5.74) is 0.347. The fourth-order valence-corrected chi connectivity index (χ4v) is 2.57. The van der Waals surface area contributed by atoms with E-state index in [4.69, 9.17) is 11.6 Å². The molecule has 0 radical (unpaired) electrons. The first-order chi connectivity index (χ1) is 9.60. The second-order valence-corrected chi connectivity index (χ2v) is 5.30. The van der Waals surface area contributed by atoms with Gasteiger partial charge in [0.2, 0.25) is 6.08 Å². The molecule has 2 aromatic rings. The molecule has 0 heterocycles. The monoisotopic (exact) mass is 305 g/mol. The topological polar surface area (TPSA) is 66.7 Å². The average Bonchev–Trinajstić information content (AvgIpc) is 2.43. The summed E-state index contributed by atoms with van der Waals surface area (Å²) < 4.78 is 0. The minimum absolute atomic E-state index is 0.0847. The van der Waals surface area contributed by atoms with Gasteiger partial charge < -0.3 is 5.11 Å². The number of carbonyl (C=O) groups is 1. The molecule has 2 rings (SSSR count). The number of benzene rings is 2. The smallest absolute Gasteiger partial charge is 0.336 e. The number of isocyanates is 1. The lowest BCUT2D eigenvalue weighted by atomic mass is 10.2. The van der Waals surface area contributed by atoms with Crippen molar-refractivity contribution in [3.8, 4) is 0 Å². The van der Waals surface area contributed by atoms with Crippen LogP contribution < -0.4 is 0 Å². The summed E-state index contributed by atoms with van der Waals surface area (Å²) in [5, 5.41) is 9.82. The molecule has 0 saturated heterocycles. The predicted molar refractivity (Wildman–Crippen MR) is 76.8 cm³/mol. The van der Waals surface area contributed by atoms with Crippen molar-refractivity contribution in [1.29, 1.82) is 0 Å². The van der Waals surface area contributed by atoms with Crippen LogP contribution in [0, 0.1) is 0 Å². The largest absolute Gasteiger partial charge is 0.478 e. The lowest BCUT2D eigenvalue weighted by Gasteiger charge is -2.06. The Kier molecular flexibility index (Phi) is 4.58. The molecule has 6 heteroatoms. The highest BCUT2D eigenvalue weighted by Crippen LogP contribution is 2.33. The Labute approximate surface area is 124 Å². The summed E-state index contributed by atoms with van der Waals surface area (Å²) in [4.78, 5) is 26.3. The highest BCUT2D eigenvalue weighted by Gasteiger charge is 2.12. The Bertz CT molecular complexity index is 694. The van der Waals surface area contributed by atoms with Gasteiger partial charge in [-0.1, -0.05) is 23.4 Å². The number of nitrogens with zero attached hydrogens (tertiary/aromatic N) is 1. The van der Waals surface area contributed by atoms with Gasteiger partial charge in [0.25, 0.3) is 0 Å². The molecule has 0 unspecified atom stereocenters. The molecule has 0 fully saturated rings. The first kappa shape index (κ1) is 14.3. The van der Waals surface area contributed by atoms with Crippen molar-refractivity contribution in [3.63, 3.8) is 0 Å². The van der Waals surface area contributed by atoms with Crippen molar-refractivity contribution >= 4 is 41.1 Å². The number of halogens is 1. The van der Waals surface area contributed by atoms with Crippen LogP contribution in [0.25, 0.3) is 0 Å². The normalized spacial score (nSPS) is 9.85. The van der Waals surface area contributed by atoms with E-state index in [1.54, 1.807) is 36.4 Å². The second-order valence-electron chi connectivity index (χ2n) is 3.74. The fourth-order valence-electron chi connectivity index (χ4n) is 1.53. The Balaban J connectivity index is 2.37. The van der Waals surface area contributed by atoms with Crippen LogP contribution in [0.5, 0.6) is 0 Å². The maximum atomic E-state index is 11.2. The zero-order chi connectivity index (χ0) is 14.5. The number of rotatable bonds is 4. The average molecular weight is 306 g/mol. The van der Waals surface area contributed by atoms with Gasteiger partial charge in [-0.15, -0.1) is 0 Å². The molecule has 100 valence electrons. The third-order valence-electron chi connectivity index (χ3n) is 2.41. The van der Waals surface area contributed by atoms with E-state index < -0.39 is 5.97 Å². The van der Waals surface area contributed by atoms with E-state index in [2.05, 4.69) is 4.99 Å². The molecular formula is C14H8ClNO3S. The quantitative estimate of drug-likeness (QED) is 0.680. The summed E-state index contributed by atoms with van der Waals surface area (Å²) in [5.74, 6) is -1.08. The van der Waals surface area contributed by atoms with Crippen LogP contribution in [0.15, 0.2) is 57.2 Å². The van der Waals surface area contributed by atoms with Crippen LogP contribution in [0.1, 0.15) is 10.4 Å². The molecule has 0 spiro atoms. The van der Waals surface area contributed by atoms with Gasteiger partial charge in [0, 0.05) is 14.8 Å². The van der Waals surface area contributed by atoms with Crippen LogP contribution in [-0.4, -0.2) is 17.2 Å². The van der Waals surface area contributed by atoms with Gasteiger partial charge in [-0.3, -0.25) is 0 Å². The number of carbonyl (C=O) groups excluding carboxylic acids is 1. The van der Waals surface area contributed by atoms with Crippen molar-refractivity contribution in [1.82, 2.24) is 0 Å². The lowest BCUT2D eigenvalue weighted by molar-refractivity contribution is 0.0693. The summed E-state index contributed by atoms with van der Waals surface area (Å²) in [6.07, 6.45) is 1.39.